The van der Waals surface area contributed by atoms with E-state index >= 15 is 0 Å². The Balaban J connectivity index is 2.45. The van der Waals surface area contributed by atoms with Crippen molar-refractivity contribution in [3.8, 4) is 0 Å². The first-order chi connectivity index (χ1) is 7.41. The number of hydrogen-bond acceptors (Lipinski definition) is 2. The average Bonchev–Trinajstić information content (AvgIpc) is 2.25. The van der Waals surface area contributed by atoms with Crippen LogP contribution in [0.2, 0.25) is 0 Å². The molecule has 1 rings (SSSR count). The predicted octanol–water partition coefficient (Wildman–Crippen LogP) is 2.74. The summed E-state index contributed by atoms with van der Waals surface area (Å²) in [6, 6.07) is 10.1. The quantitative estimate of drug-likeness (QED) is 0.819. The van der Waals surface area contributed by atoms with Crippen LogP contribution in [0.5, 0.6) is 0 Å². The van der Waals surface area contributed by atoms with Crippen LogP contribution in [0.4, 0.5) is 0 Å². The number of aliphatic hydroxyl groups is 1. The number of aliphatic hydroxyl groups excluding tert-OH is 1. The number of benzene rings is 1. The zero-order valence-corrected chi connectivity index (χ0v) is 10.7. The molecule has 0 radical (unpaired) electrons. The third-order valence-electron chi connectivity index (χ3n) is 3.10. The molecule has 2 nitrogen and oxygen atoms in total. The van der Waals surface area contributed by atoms with Crippen LogP contribution in [0.1, 0.15) is 39.4 Å². The molecule has 90 valence electrons. The van der Waals surface area contributed by atoms with Gasteiger partial charge in [-0.25, -0.2) is 0 Å². The summed E-state index contributed by atoms with van der Waals surface area (Å²) >= 11 is 0. The summed E-state index contributed by atoms with van der Waals surface area (Å²) in [5.41, 5.74) is 1.19. The molecule has 2 heteroatoms. The molecule has 0 heterocycles. The molecule has 16 heavy (non-hydrogen) atoms. The van der Waals surface area contributed by atoms with Gasteiger partial charge in [-0.3, -0.25) is 0 Å². The van der Waals surface area contributed by atoms with Gasteiger partial charge in [-0.1, -0.05) is 51.1 Å². The Morgan fingerprint density at radius 2 is 1.75 bits per heavy atom. The molecule has 0 aliphatic carbocycles. The second-order valence-electron chi connectivity index (χ2n) is 5.42. The second kappa shape index (κ2) is 5.46. The second-order valence-corrected chi connectivity index (χ2v) is 5.42. The van der Waals surface area contributed by atoms with Crippen molar-refractivity contribution in [2.75, 3.05) is 6.54 Å². The van der Waals surface area contributed by atoms with Crippen LogP contribution < -0.4 is 5.32 Å². The van der Waals surface area contributed by atoms with Crippen LogP contribution >= 0.6 is 0 Å². The monoisotopic (exact) mass is 221 g/mol. The Morgan fingerprint density at radius 1 is 1.19 bits per heavy atom. The van der Waals surface area contributed by atoms with E-state index < -0.39 is 6.10 Å². The smallest absolute Gasteiger partial charge is 0.0914 e. The van der Waals surface area contributed by atoms with Gasteiger partial charge in [0.1, 0.15) is 0 Å². The minimum atomic E-state index is -0.425. The molecule has 1 aromatic rings. The normalized spacial score (nSPS) is 15.8. The molecule has 2 N–H and O–H groups in total. The molecule has 0 fully saturated rings. The predicted molar refractivity (Wildman–Crippen MR) is 68.3 cm³/mol. The van der Waals surface area contributed by atoms with Gasteiger partial charge in [0.25, 0.3) is 0 Å². The fourth-order valence-electron chi connectivity index (χ4n) is 1.39. The molecular weight excluding hydrogens is 198 g/mol. The molecule has 2 unspecified atom stereocenters. The highest BCUT2D eigenvalue weighted by Gasteiger charge is 2.20. The fraction of sp³-hybridized carbons (Fsp3) is 0.571. The molecule has 0 amide bonds. The molecule has 2 atom stereocenters. The molecule has 0 aliphatic rings. The highest BCUT2D eigenvalue weighted by Crippen LogP contribution is 2.19. The summed E-state index contributed by atoms with van der Waals surface area (Å²) in [5, 5.41) is 13.3. The van der Waals surface area contributed by atoms with Crippen LogP contribution in [0.3, 0.4) is 0 Å². The van der Waals surface area contributed by atoms with Gasteiger partial charge in [-0.15, -0.1) is 0 Å². The molecule has 0 saturated heterocycles. The summed E-state index contributed by atoms with van der Waals surface area (Å²) in [5.74, 6) is 0. The lowest BCUT2D eigenvalue weighted by molar-refractivity contribution is 0.158. The van der Waals surface area contributed by atoms with Gasteiger partial charge in [0, 0.05) is 12.6 Å². The third kappa shape index (κ3) is 3.95. The maximum Gasteiger partial charge on any atom is 0.0914 e. The Hall–Kier alpha value is -0.860. The number of rotatable bonds is 4. The molecule has 0 aliphatic heterocycles. The lowest BCUT2D eigenvalue weighted by Crippen LogP contribution is -2.39. The first-order valence-electron chi connectivity index (χ1n) is 5.87. The highest BCUT2D eigenvalue weighted by atomic mass is 16.3. The van der Waals surface area contributed by atoms with Crippen LogP contribution in [0.15, 0.2) is 30.3 Å². The number of hydrogen-bond donors (Lipinski definition) is 2. The van der Waals surface area contributed by atoms with E-state index in [1.165, 1.54) is 0 Å². The minimum absolute atomic E-state index is 0.219. The Kier molecular flexibility index (Phi) is 4.51. The molecule has 0 saturated carbocycles. The topological polar surface area (TPSA) is 32.3 Å². The van der Waals surface area contributed by atoms with E-state index in [0.717, 1.165) is 5.56 Å². The zero-order valence-electron chi connectivity index (χ0n) is 10.7. The van der Waals surface area contributed by atoms with Crippen molar-refractivity contribution in [2.45, 2.75) is 39.8 Å². The van der Waals surface area contributed by atoms with Gasteiger partial charge in [0.15, 0.2) is 0 Å². The van der Waals surface area contributed by atoms with Crippen molar-refractivity contribution in [3.05, 3.63) is 35.9 Å². The van der Waals surface area contributed by atoms with Crippen molar-refractivity contribution in [1.82, 2.24) is 5.32 Å². The fourth-order valence-corrected chi connectivity index (χ4v) is 1.39. The van der Waals surface area contributed by atoms with E-state index in [9.17, 15) is 5.11 Å². The number of nitrogens with one attached hydrogen (secondary N) is 1. The first kappa shape index (κ1) is 13.2. The molecular formula is C14H23NO. The molecule has 0 spiro atoms. The summed E-state index contributed by atoms with van der Waals surface area (Å²) in [6.45, 7) is 9.33. The van der Waals surface area contributed by atoms with Crippen molar-refractivity contribution in [1.29, 1.82) is 0 Å². The van der Waals surface area contributed by atoms with Gasteiger partial charge in [-0.05, 0) is 17.9 Å². The first-order valence-corrected chi connectivity index (χ1v) is 5.87. The molecule has 0 aromatic heterocycles. The summed E-state index contributed by atoms with van der Waals surface area (Å²) in [6.07, 6.45) is -0.425. The lowest BCUT2D eigenvalue weighted by atomic mass is 9.88. The van der Waals surface area contributed by atoms with Gasteiger partial charge in [-0.2, -0.15) is 0 Å². The SMILES string of the molecule is CC(NCC(O)c1ccccc1)C(C)(C)C. The van der Waals surface area contributed by atoms with Crippen LogP contribution in [-0.4, -0.2) is 17.7 Å². The van der Waals surface area contributed by atoms with Crippen LogP contribution in [0.25, 0.3) is 0 Å². The maximum atomic E-state index is 9.97. The Labute approximate surface area is 98.7 Å². The van der Waals surface area contributed by atoms with Crippen molar-refractivity contribution >= 4 is 0 Å². The summed E-state index contributed by atoms with van der Waals surface area (Å²) in [4.78, 5) is 0. The Bertz CT molecular complexity index is 302. The van der Waals surface area contributed by atoms with Crippen LogP contribution in [-0.2, 0) is 0 Å². The lowest BCUT2D eigenvalue weighted by Gasteiger charge is -2.29. The van der Waals surface area contributed by atoms with Gasteiger partial charge in [0.2, 0.25) is 0 Å². The van der Waals surface area contributed by atoms with E-state index in [-0.39, 0.29) is 5.41 Å². The summed E-state index contributed by atoms with van der Waals surface area (Å²) < 4.78 is 0. The van der Waals surface area contributed by atoms with Crippen molar-refractivity contribution in [3.63, 3.8) is 0 Å². The molecule has 1 aromatic carbocycles. The maximum absolute atomic E-state index is 9.97. The average molecular weight is 221 g/mol. The van der Waals surface area contributed by atoms with E-state index in [0.29, 0.717) is 12.6 Å². The largest absolute Gasteiger partial charge is 0.387 e. The minimum Gasteiger partial charge on any atom is -0.387 e. The van der Waals surface area contributed by atoms with E-state index in [1.54, 1.807) is 0 Å². The van der Waals surface area contributed by atoms with Gasteiger partial charge >= 0.3 is 0 Å². The highest BCUT2D eigenvalue weighted by molar-refractivity contribution is 5.17. The zero-order chi connectivity index (χ0) is 12.2. The van der Waals surface area contributed by atoms with E-state index in [2.05, 4.69) is 33.0 Å². The van der Waals surface area contributed by atoms with E-state index in [4.69, 9.17) is 0 Å². The van der Waals surface area contributed by atoms with Crippen molar-refractivity contribution < 1.29 is 5.11 Å². The molecule has 0 bridgehead atoms. The van der Waals surface area contributed by atoms with Crippen LogP contribution in [0, 0.1) is 5.41 Å². The standard InChI is InChI=1S/C14H23NO/c1-11(14(2,3)4)15-10-13(16)12-8-6-5-7-9-12/h5-9,11,13,15-16H,10H2,1-4H3. The third-order valence-corrected chi connectivity index (χ3v) is 3.10. The van der Waals surface area contributed by atoms with E-state index in [1.807, 2.05) is 30.3 Å². The summed E-state index contributed by atoms with van der Waals surface area (Å²) in [7, 11) is 0. The van der Waals surface area contributed by atoms with Crippen molar-refractivity contribution in [2.24, 2.45) is 5.41 Å². The van der Waals surface area contributed by atoms with Gasteiger partial charge in [0.05, 0.1) is 6.10 Å². The van der Waals surface area contributed by atoms with Gasteiger partial charge < -0.3 is 10.4 Å². The Morgan fingerprint density at radius 3 is 2.25 bits per heavy atom.